The third-order valence-electron chi connectivity index (χ3n) is 4.02. The minimum Gasteiger partial charge on any atom is -0.481 e. The van der Waals surface area contributed by atoms with Crippen LogP contribution in [0.3, 0.4) is 0 Å². The van der Waals surface area contributed by atoms with Crippen LogP contribution in [-0.2, 0) is 11.2 Å². The number of carboxylic acid groups (broad SMARTS) is 1. The van der Waals surface area contributed by atoms with E-state index in [0.717, 1.165) is 24.8 Å². The quantitative estimate of drug-likeness (QED) is 0.887. The number of primary amides is 1. The number of halogens is 1. The zero-order chi connectivity index (χ0) is 14.7. The van der Waals surface area contributed by atoms with Gasteiger partial charge in [0.25, 0.3) is 5.91 Å². The van der Waals surface area contributed by atoms with Crippen molar-refractivity contribution in [3.05, 3.63) is 35.1 Å². The van der Waals surface area contributed by atoms with Crippen molar-refractivity contribution in [2.24, 2.45) is 17.6 Å². The van der Waals surface area contributed by atoms with E-state index in [2.05, 4.69) is 0 Å². The Morgan fingerprint density at radius 1 is 1.25 bits per heavy atom. The fraction of sp³-hybridized carbons (Fsp3) is 0.467. The van der Waals surface area contributed by atoms with E-state index in [-0.39, 0.29) is 11.5 Å². The summed E-state index contributed by atoms with van der Waals surface area (Å²) < 4.78 is 13.4. The summed E-state index contributed by atoms with van der Waals surface area (Å²) in [6, 6.07) is 4.42. The number of rotatable bonds is 4. The minimum absolute atomic E-state index is 0.0817. The van der Waals surface area contributed by atoms with Gasteiger partial charge in [0, 0.05) is 0 Å². The highest BCUT2D eigenvalue weighted by molar-refractivity contribution is 5.93. The van der Waals surface area contributed by atoms with Crippen LogP contribution in [0.25, 0.3) is 0 Å². The molecule has 1 aliphatic rings. The van der Waals surface area contributed by atoms with Gasteiger partial charge in [-0.25, -0.2) is 4.39 Å². The summed E-state index contributed by atoms with van der Waals surface area (Å²) in [6.45, 7) is 0. The molecule has 0 aliphatic heterocycles. The summed E-state index contributed by atoms with van der Waals surface area (Å²) in [5.41, 5.74) is 5.92. The third-order valence-corrected chi connectivity index (χ3v) is 4.02. The fourth-order valence-electron chi connectivity index (χ4n) is 2.84. The molecule has 4 nitrogen and oxygen atoms in total. The molecule has 1 fully saturated rings. The maximum absolute atomic E-state index is 13.4. The Balaban J connectivity index is 1.99. The molecule has 1 aliphatic carbocycles. The number of hydrogen-bond acceptors (Lipinski definition) is 2. The first kappa shape index (κ1) is 14.5. The summed E-state index contributed by atoms with van der Waals surface area (Å²) in [5.74, 6) is -1.94. The van der Waals surface area contributed by atoms with E-state index in [4.69, 9.17) is 10.8 Å². The normalized spacial score (nSPS) is 22.4. The Bertz CT molecular complexity index is 522. The Morgan fingerprint density at radius 3 is 2.45 bits per heavy atom. The van der Waals surface area contributed by atoms with E-state index < -0.39 is 17.7 Å². The maximum Gasteiger partial charge on any atom is 0.306 e. The van der Waals surface area contributed by atoms with Gasteiger partial charge >= 0.3 is 5.97 Å². The van der Waals surface area contributed by atoms with Crippen LogP contribution in [0.5, 0.6) is 0 Å². The Kier molecular flexibility index (Phi) is 4.37. The number of benzene rings is 1. The highest BCUT2D eigenvalue weighted by atomic mass is 19.1. The highest BCUT2D eigenvalue weighted by Gasteiger charge is 2.26. The van der Waals surface area contributed by atoms with Crippen molar-refractivity contribution in [3.63, 3.8) is 0 Å². The number of hydrogen-bond donors (Lipinski definition) is 2. The van der Waals surface area contributed by atoms with Gasteiger partial charge in [0.1, 0.15) is 5.82 Å². The van der Waals surface area contributed by atoms with Gasteiger partial charge in [-0.1, -0.05) is 6.07 Å². The molecule has 5 heteroatoms. The molecule has 0 bridgehead atoms. The molecule has 0 unspecified atom stereocenters. The zero-order valence-corrected chi connectivity index (χ0v) is 11.1. The van der Waals surface area contributed by atoms with Crippen molar-refractivity contribution in [2.45, 2.75) is 32.1 Å². The lowest BCUT2D eigenvalue weighted by Crippen LogP contribution is -2.22. The molecular weight excluding hydrogens is 261 g/mol. The molecular formula is C15H18FNO3. The number of carbonyl (C=O) groups is 2. The average molecular weight is 279 g/mol. The lowest BCUT2D eigenvalue weighted by Gasteiger charge is -2.26. The van der Waals surface area contributed by atoms with Crippen molar-refractivity contribution < 1.29 is 19.1 Å². The number of nitrogens with two attached hydrogens (primary N) is 1. The standard InChI is InChI=1S/C15H18FNO3/c16-13-6-3-10(8-12(13)14(17)18)7-9-1-4-11(5-2-9)15(19)20/h3,6,8-9,11H,1-2,4-5,7H2,(H2,17,18)(H,19,20). The Labute approximate surface area is 116 Å². The first-order chi connectivity index (χ1) is 9.47. The zero-order valence-electron chi connectivity index (χ0n) is 11.1. The van der Waals surface area contributed by atoms with Crippen LogP contribution < -0.4 is 5.73 Å². The first-order valence-corrected chi connectivity index (χ1v) is 6.78. The van der Waals surface area contributed by atoms with E-state index in [1.165, 1.54) is 12.1 Å². The van der Waals surface area contributed by atoms with Crippen LogP contribution in [0.15, 0.2) is 18.2 Å². The first-order valence-electron chi connectivity index (χ1n) is 6.78. The molecule has 0 heterocycles. The second kappa shape index (κ2) is 6.03. The molecule has 1 aromatic rings. The fourth-order valence-corrected chi connectivity index (χ4v) is 2.84. The van der Waals surface area contributed by atoms with Crippen molar-refractivity contribution >= 4 is 11.9 Å². The minimum atomic E-state index is -0.765. The number of carbonyl (C=O) groups excluding carboxylic acids is 1. The number of carboxylic acids is 1. The van der Waals surface area contributed by atoms with Gasteiger partial charge in [0.15, 0.2) is 0 Å². The van der Waals surface area contributed by atoms with Gasteiger partial charge in [-0.3, -0.25) is 9.59 Å². The highest BCUT2D eigenvalue weighted by Crippen LogP contribution is 2.31. The molecule has 0 saturated heterocycles. The van der Waals surface area contributed by atoms with E-state index in [0.29, 0.717) is 18.8 Å². The molecule has 1 aromatic carbocycles. The molecule has 20 heavy (non-hydrogen) atoms. The second-order valence-electron chi connectivity index (χ2n) is 5.44. The van der Waals surface area contributed by atoms with Crippen molar-refractivity contribution in [2.75, 3.05) is 0 Å². The SMILES string of the molecule is NC(=O)c1cc(CC2CCC(C(=O)O)CC2)ccc1F. The van der Waals surface area contributed by atoms with E-state index in [1.807, 2.05) is 0 Å². The summed E-state index contributed by atoms with van der Waals surface area (Å²) in [5, 5.41) is 8.95. The van der Waals surface area contributed by atoms with Crippen LogP contribution in [0, 0.1) is 17.7 Å². The summed E-state index contributed by atoms with van der Waals surface area (Å²) >= 11 is 0. The van der Waals surface area contributed by atoms with Crippen molar-refractivity contribution in [1.29, 1.82) is 0 Å². The average Bonchev–Trinajstić information content (AvgIpc) is 2.41. The smallest absolute Gasteiger partial charge is 0.306 e. The summed E-state index contributed by atoms with van der Waals surface area (Å²) in [7, 11) is 0. The van der Waals surface area contributed by atoms with E-state index in [1.54, 1.807) is 6.07 Å². The molecule has 1 amide bonds. The summed E-state index contributed by atoms with van der Waals surface area (Å²) in [6.07, 6.45) is 3.79. The lowest BCUT2D eigenvalue weighted by molar-refractivity contribution is -0.143. The molecule has 3 N–H and O–H groups in total. The Morgan fingerprint density at radius 2 is 1.90 bits per heavy atom. The van der Waals surface area contributed by atoms with Crippen molar-refractivity contribution in [3.8, 4) is 0 Å². The molecule has 2 rings (SSSR count). The molecule has 0 aromatic heterocycles. The molecule has 108 valence electrons. The number of aliphatic carboxylic acids is 1. The van der Waals surface area contributed by atoms with E-state index in [9.17, 15) is 14.0 Å². The predicted octanol–water partition coefficient (Wildman–Crippen LogP) is 2.36. The molecule has 1 saturated carbocycles. The molecule has 0 spiro atoms. The predicted molar refractivity (Wildman–Crippen MR) is 71.7 cm³/mol. The number of amides is 1. The van der Waals surface area contributed by atoms with Gasteiger partial charge < -0.3 is 10.8 Å². The van der Waals surface area contributed by atoms with Crippen LogP contribution >= 0.6 is 0 Å². The molecule has 0 radical (unpaired) electrons. The van der Waals surface area contributed by atoms with Crippen LogP contribution in [0.4, 0.5) is 4.39 Å². The van der Waals surface area contributed by atoms with E-state index >= 15 is 0 Å². The topological polar surface area (TPSA) is 80.4 Å². The summed E-state index contributed by atoms with van der Waals surface area (Å²) in [4.78, 5) is 22.0. The molecule has 0 atom stereocenters. The maximum atomic E-state index is 13.4. The van der Waals surface area contributed by atoms with Crippen LogP contribution in [0.2, 0.25) is 0 Å². The van der Waals surface area contributed by atoms with Gasteiger partial charge in [0.05, 0.1) is 11.5 Å². The lowest BCUT2D eigenvalue weighted by atomic mass is 9.79. The monoisotopic (exact) mass is 279 g/mol. The van der Waals surface area contributed by atoms with Gasteiger partial charge in [-0.15, -0.1) is 0 Å². The van der Waals surface area contributed by atoms with Crippen LogP contribution in [0.1, 0.15) is 41.6 Å². The van der Waals surface area contributed by atoms with Crippen LogP contribution in [-0.4, -0.2) is 17.0 Å². The van der Waals surface area contributed by atoms with Gasteiger partial charge in [-0.05, 0) is 55.7 Å². The van der Waals surface area contributed by atoms with Crippen molar-refractivity contribution in [1.82, 2.24) is 0 Å². The third kappa shape index (κ3) is 3.35. The largest absolute Gasteiger partial charge is 0.481 e. The van der Waals surface area contributed by atoms with Gasteiger partial charge in [-0.2, -0.15) is 0 Å². The Hall–Kier alpha value is -1.91. The second-order valence-corrected chi connectivity index (χ2v) is 5.44. The van der Waals surface area contributed by atoms with Gasteiger partial charge in [0.2, 0.25) is 0 Å².